The summed E-state index contributed by atoms with van der Waals surface area (Å²) in [7, 11) is 0. The fourth-order valence-corrected chi connectivity index (χ4v) is 0.995. The first-order valence-corrected chi connectivity index (χ1v) is 4.53. The lowest BCUT2D eigenvalue weighted by Crippen LogP contribution is -2.22. The number of rotatable bonds is 7. The number of guanidine groups is 1. The van der Waals surface area contributed by atoms with E-state index in [0.717, 1.165) is 25.9 Å². The van der Waals surface area contributed by atoms with Crippen molar-refractivity contribution in [2.24, 2.45) is 22.2 Å². The van der Waals surface area contributed by atoms with Gasteiger partial charge in [0.05, 0.1) is 0 Å². The van der Waals surface area contributed by atoms with Crippen LogP contribution < -0.4 is 17.2 Å². The lowest BCUT2D eigenvalue weighted by Gasteiger charge is -1.97. The fraction of sp³-hybridized carbons (Fsp3) is 0.875. The number of nitrogens with two attached hydrogens (primary N) is 3. The van der Waals surface area contributed by atoms with E-state index in [9.17, 15) is 0 Å². The second kappa shape index (κ2) is 8.33. The molecule has 0 aromatic heterocycles. The minimum absolute atomic E-state index is 0.192. The Morgan fingerprint density at radius 1 is 0.917 bits per heavy atom. The van der Waals surface area contributed by atoms with Gasteiger partial charge in [0.2, 0.25) is 0 Å². The number of unbranched alkanes of at least 4 members (excludes halogenated alkanes) is 4. The van der Waals surface area contributed by atoms with Gasteiger partial charge in [-0.25, -0.2) is 0 Å². The number of aliphatic imine (C=N–C) groups is 1. The molecule has 0 aliphatic heterocycles. The van der Waals surface area contributed by atoms with Crippen LogP contribution in [0.4, 0.5) is 0 Å². The zero-order valence-corrected chi connectivity index (χ0v) is 7.63. The summed E-state index contributed by atoms with van der Waals surface area (Å²) < 4.78 is 0. The van der Waals surface area contributed by atoms with Crippen molar-refractivity contribution in [2.45, 2.75) is 32.1 Å². The van der Waals surface area contributed by atoms with Gasteiger partial charge >= 0.3 is 0 Å². The summed E-state index contributed by atoms with van der Waals surface area (Å²) in [6, 6.07) is 0. The van der Waals surface area contributed by atoms with Gasteiger partial charge in [-0.05, 0) is 19.4 Å². The SMILES string of the molecule is NCCCCCCCN=C(N)N. The van der Waals surface area contributed by atoms with Gasteiger partial charge in [-0.2, -0.15) is 0 Å². The molecule has 72 valence electrons. The quantitative estimate of drug-likeness (QED) is 0.290. The first-order chi connectivity index (χ1) is 5.77. The molecule has 0 aromatic rings. The van der Waals surface area contributed by atoms with Crippen molar-refractivity contribution < 1.29 is 0 Å². The highest BCUT2D eigenvalue weighted by molar-refractivity contribution is 5.75. The van der Waals surface area contributed by atoms with Crippen molar-refractivity contribution in [3.8, 4) is 0 Å². The Morgan fingerprint density at radius 2 is 1.50 bits per heavy atom. The normalized spacial score (nSPS) is 9.75. The van der Waals surface area contributed by atoms with Gasteiger partial charge in [0.25, 0.3) is 0 Å². The molecule has 0 amide bonds. The van der Waals surface area contributed by atoms with Gasteiger partial charge in [-0.3, -0.25) is 4.99 Å². The third kappa shape index (κ3) is 9.23. The molecule has 0 spiro atoms. The minimum Gasteiger partial charge on any atom is -0.370 e. The topological polar surface area (TPSA) is 90.4 Å². The van der Waals surface area contributed by atoms with Crippen molar-refractivity contribution in [1.29, 1.82) is 0 Å². The Morgan fingerprint density at radius 3 is 2.08 bits per heavy atom. The third-order valence-corrected chi connectivity index (χ3v) is 1.66. The largest absolute Gasteiger partial charge is 0.370 e. The second-order valence-electron chi connectivity index (χ2n) is 2.86. The summed E-state index contributed by atoms with van der Waals surface area (Å²) in [5, 5.41) is 0. The van der Waals surface area contributed by atoms with E-state index < -0.39 is 0 Å². The van der Waals surface area contributed by atoms with Crippen molar-refractivity contribution in [2.75, 3.05) is 13.1 Å². The third-order valence-electron chi connectivity index (χ3n) is 1.66. The summed E-state index contributed by atoms with van der Waals surface area (Å²) in [6.45, 7) is 1.55. The maximum Gasteiger partial charge on any atom is 0.185 e. The van der Waals surface area contributed by atoms with Gasteiger partial charge in [0.15, 0.2) is 5.96 Å². The van der Waals surface area contributed by atoms with Gasteiger partial charge in [0, 0.05) is 6.54 Å². The highest BCUT2D eigenvalue weighted by Gasteiger charge is 1.88. The Labute approximate surface area is 74.2 Å². The maximum atomic E-state index is 5.35. The van der Waals surface area contributed by atoms with Crippen molar-refractivity contribution in [1.82, 2.24) is 0 Å². The van der Waals surface area contributed by atoms with Crippen LogP contribution in [0.25, 0.3) is 0 Å². The number of hydrogen-bond donors (Lipinski definition) is 3. The fourth-order valence-electron chi connectivity index (χ4n) is 0.995. The van der Waals surface area contributed by atoms with Crippen molar-refractivity contribution in [3.05, 3.63) is 0 Å². The molecule has 0 fully saturated rings. The molecule has 0 heterocycles. The van der Waals surface area contributed by atoms with E-state index in [0.29, 0.717) is 0 Å². The summed E-state index contributed by atoms with van der Waals surface area (Å²) in [4.78, 5) is 3.89. The highest BCUT2D eigenvalue weighted by atomic mass is 15.0. The van der Waals surface area contributed by atoms with Crippen molar-refractivity contribution >= 4 is 5.96 Å². The van der Waals surface area contributed by atoms with E-state index in [2.05, 4.69) is 4.99 Å². The summed E-state index contributed by atoms with van der Waals surface area (Å²) in [6.07, 6.45) is 5.84. The molecule has 4 heteroatoms. The molecule has 12 heavy (non-hydrogen) atoms. The van der Waals surface area contributed by atoms with Crippen LogP contribution in [0.1, 0.15) is 32.1 Å². The predicted molar refractivity (Wildman–Crippen MR) is 52.8 cm³/mol. The molecule has 0 radical (unpaired) electrons. The first-order valence-electron chi connectivity index (χ1n) is 4.53. The van der Waals surface area contributed by atoms with Gasteiger partial charge in [-0.15, -0.1) is 0 Å². The molecular formula is C8H20N4. The van der Waals surface area contributed by atoms with Gasteiger partial charge in [0.1, 0.15) is 0 Å². The Hall–Kier alpha value is -0.770. The van der Waals surface area contributed by atoms with E-state index in [-0.39, 0.29) is 5.96 Å². The molecular weight excluding hydrogens is 152 g/mol. The van der Waals surface area contributed by atoms with Crippen LogP contribution in [-0.2, 0) is 0 Å². The first kappa shape index (κ1) is 11.2. The molecule has 0 rings (SSSR count). The smallest absolute Gasteiger partial charge is 0.185 e. The molecule has 0 bridgehead atoms. The lowest BCUT2D eigenvalue weighted by molar-refractivity contribution is 0.623. The van der Waals surface area contributed by atoms with E-state index in [4.69, 9.17) is 17.2 Å². The minimum atomic E-state index is 0.192. The summed E-state index contributed by atoms with van der Waals surface area (Å²) in [5.41, 5.74) is 15.7. The molecule has 6 N–H and O–H groups in total. The zero-order valence-electron chi connectivity index (χ0n) is 7.63. The Balaban J connectivity index is 2.96. The zero-order chi connectivity index (χ0) is 9.23. The van der Waals surface area contributed by atoms with Crippen LogP contribution in [-0.4, -0.2) is 19.0 Å². The van der Waals surface area contributed by atoms with Crippen molar-refractivity contribution in [3.63, 3.8) is 0 Å². The molecule has 0 aliphatic rings. The van der Waals surface area contributed by atoms with Gasteiger partial charge in [-0.1, -0.05) is 19.3 Å². The van der Waals surface area contributed by atoms with Crippen LogP contribution >= 0.6 is 0 Å². The number of hydrogen-bond acceptors (Lipinski definition) is 2. The Bertz CT molecular complexity index is 118. The average Bonchev–Trinajstić information content (AvgIpc) is 2.02. The van der Waals surface area contributed by atoms with Crippen LogP contribution in [0.2, 0.25) is 0 Å². The molecule has 4 nitrogen and oxygen atoms in total. The van der Waals surface area contributed by atoms with Crippen LogP contribution in [0.5, 0.6) is 0 Å². The highest BCUT2D eigenvalue weighted by Crippen LogP contribution is 2.01. The monoisotopic (exact) mass is 172 g/mol. The summed E-state index contributed by atoms with van der Waals surface area (Å²) in [5.74, 6) is 0.192. The van der Waals surface area contributed by atoms with Crippen LogP contribution in [0.3, 0.4) is 0 Å². The Kier molecular flexibility index (Phi) is 7.79. The molecule has 0 atom stereocenters. The van der Waals surface area contributed by atoms with Crippen LogP contribution in [0, 0.1) is 0 Å². The predicted octanol–water partition coefficient (Wildman–Crippen LogP) is 0.169. The van der Waals surface area contributed by atoms with Gasteiger partial charge < -0.3 is 17.2 Å². The summed E-state index contributed by atoms with van der Waals surface area (Å²) >= 11 is 0. The lowest BCUT2D eigenvalue weighted by atomic mass is 10.1. The molecule has 0 aromatic carbocycles. The van der Waals surface area contributed by atoms with E-state index >= 15 is 0 Å². The van der Waals surface area contributed by atoms with E-state index in [1.54, 1.807) is 0 Å². The number of nitrogens with zero attached hydrogens (tertiary/aromatic N) is 1. The maximum absolute atomic E-state index is 5.35. The van der Waals surface area contributed by atoms with E-state index in [1.165, 1.54) is 19.3 Å². The molecule has 0 unspecified atom stereocenters. The second-order valence-corrected chi connectivity index (χ2v) is 2.86. The molecule has 0 saturated carbocycles. The molecule has 0 saturated heterocycles. The molecule has 0 aliphatic carbocycles. The average molecular weight is 172 g/mol. The standard InChI is InChI=1S/C8H20N4/c9-6-4-2-1-3-5-7-12-8(10)11/h1-7,9H2,(H4,10,11,12). The van der Waals surface area contributed by atoms with E-state index in [1.807, 2.05) is 0 Å². The van der Waals surface area contributed by atoms with Crippen LogP contribution in [0.15, 0.2) is 4.99 Å².